The van der Waals surface area contributed by atoms with Gasteiger partial charge in [-0.1, -0.05) is 42.5 Å². The Bertz CT molecular complexity index is 5650. The van der Waals surface area contributed by atoms with Crippen molar-refractivity contribution in [2.45, 2.75) is 0 Å². The van der Waals surface area contributed by atoms with E-state index in [0.29, 0.717) is 156 Å². The Kier molecular flexibility index (Phi) is 62.8. The van der Waals surface area contributed by atoms with Gasteiger partial charge in [-0.3, -0.25) is 0 Å². The lowest BCUT2D eigenvalue weighted by molar-refractivity contribution is -0.902. The summed E-state index contributed by atoms with van der Waals surface area (Å²) in [6.07, 6.45) is 0. The van der Waals surface area contributed by atoms with Crippen LogP contribution in [-0.4, -0.2) is 378 Å². The van der Waals surface area contributed by atoms with Crippen molar-refractivity contribution >= 4 is 293 Å². The predicted molar refractivity (Wildman–Crippen MR) is 654 cm³/mol. The molecule has 8 aromatic rings. The van der Waals surface area contributed by atoms with E-state index in [1.807, 2.05) is 181 Å². The third-order valence-electron chi connectivity index (χ3n) is 24.9. The highest BCUT2D eigenvalue weighted by atomic mass is 127. The number of rotatable bonds is 32. The van der Waals surface area contributed by atoms with Crippen LogP contribution in [-0.2, 0) is 67.4 Å². The summed E-state index contributed by atoms with van der Waals surface area (Å²) in [7, 11) is -8.50. The number of thioether (sulfide) groups is 3. The van der Waals surface area contributed by atoms with Crippen molar-refractivity contribution in [3.63, 3.8) is 0 Å². The number of benzene rings is 8. The Balaban J connectivity index is 0.000000190. The van der Waals surface area contributed by atoms with Crippen LogP contribution in [0.5, 0.6) is 0 Å². The fourth-order valence-corrected chi connectivity index (χ4v) is 27.2. The molecular formula is C104H138I8N10O22S6+8. The largest absolute Gasteiger partial charge is 0.456 e. The maximum absolute atomic E-state index is 11.9. The average molecular weight is 3090 g/mol. The minimum atomic E-state index is -2.84. The van der Waals surface area contributed by atoms with Gasteiger partial charge in [0.25, 0.3) is 0 Å². The number of piperazine rings is 2. The number of esters is 8. The van der Waals surface area contributed by atoms with Crippen LogP contribution in [0.25, 0.3) is 0 Å². The Morgan fingerprint density at radius 1 is 0.227 bits per heavy atom. The van der Waals surface area contributed by atoms with E-state index in [2.05, 4.69) is 191 Å². The summed E-state index contributed by atoms with van der Waals surface area (Å²) in [5.74, 6) is 6.67. The molecule has 0 spiro atoms. The number of halogens is 8. The van der Waals surface area contributed by atoms with Gasteiger partial charge in [0.2, 0.25) is 0 Å². The van der Waals surface area contributed by atoms with Gasteiger partial charge in [-0.2, -0.15) is 35.3 Å². The molecule has 0 aliphatic carbocycles. The summed E-state index contributed by atoms with van der Waals surface area (Å²) >= 11 is 23.4. The molecule has 8 aliphatic heterocycles. The van der Waals surface area contributed by atoms with E-state index < -0.39 is 29.5 Å². The first kappa shape index (κ1) is 129. The molecule has 8 fully saturated rings. The standard InChI is InChI=1S/2C13H17IN2O2.3C13H16INO4S.3C13H16INO2S/c14-12-3-1-11(2-4-12)13(17)18-10-9-16-7-5-15-6-8-16;14-12-3-1-2-11(10-12)13(17)18-9-8-16-6-4-15-5-7-16;14-12-3-1-11(2-4-12)13(16)19-8-5-15-6-9-20(17,18)10-7-15;14-12-3-1-2-11(10-12)13(16)19-7-4-15-5-8-20(17,18)9-6-15;14-12-4-2-1-3-11(12)13(16)19-8-5-15-6-9-20(17,18)10-7-15;14-12-3-1-11(2-4-12)13(16)17-8-5-15-6-9-18-10-7-15;14-12-3-1-2-11(10-12)13(16)17-7-4-15-5-8-18-9-6-15;14-12-4-2-1-3-11(12)13(16)17-8-5-15-6-9-18-10-7-15/h1-4,15H,5-10H2;1-3,10,15H,4-9H2;1-4H,5-10H2;1-3,10H,4-9H2;1-4H,5-10H2;1-4H,5-10H2;1-3,10H,4-9H2;1-4H,5-10H2/p+8. The molecule has 8 saturated heterocycles. The number of hydrogen-bond acceptors (Lipinski definition) is 27. The molecule has 16 rings (SSSR count). The Labute approximate surface area is 1000 Å². The minimum Gasteiger partial charge on any atom is -0.456 e. The molecule has 8 aliphatic rings. The van der Waals surface area contributed by atoms with Crippen LogP contribution in [0.4, 0.5) is 0 Å². The molecule has 0 atom stereocenters. The maximum atomic E-state index is 11.9. The highest BCUT2D eigenvalue weighted by molar-refractivity contribution is 14.1. The fourth-order valence-electron chi connectivity index (χ4n) is 15.8. The zero-order valence-corrected chi connectivity index (χ0v) is 106. The second-order valence-corrected chi connectivity index (χ2v) is 56.3. The lowest BCUT2D eigenvalue weighted by atomic mass is 10.2. The second kappa shape index (κ2) is 72.9. The van der Waals surface area contributed by atoms with Gasteiger partial charge in [-0.15, -0.1) is 0 Å². The number of sulfone groups is 3. The van der Waals surface area contributed by atoms with Crippen LogP contribution in [0.3, 0.4) is 0 Å². The molecule has 0 aromatic heterocycles. The summed E-state index contributed by atoms with van der Waals surface area (Å²) in [5, 5.41) is 6.63. The molecule has 0 radical (unpaired) electrons. The zero-order valence-electron chi connectivity index (χ0n) is 83.9. The smallest absolute Gasteiger partial charge is 0.339 e. The molecule has 0 bridgehead atoms. The van der Waals surface area contributed by atoms with Gasteiger partial charge in [0.05, 0.1) is 184 Å². The third-order valence-corrected chi connectivity index (χ3v) is 38.9. The first-order chi connectivity index (χ1) is 72.2. The van der Waals surface area contributed by atoms with E-state index in [4.69, 9.17) is 37.9 Å². The van der Waals surface area contributed by atoms with Crippen LogP contribution >= 0.6 is 216 Å². The maximum Gasteiger partial charge on any atom is 0.339 e. The van der Waals surface area contributed by atoms with Crippen molar-refractivity contribution in [2.75, 3.05) is 305 Å². The average Bonchev–Trinajstić information content (AvgIpc) is 0.868. The van der Waals surface area contributed by atoms with Crippen molar-refractivity contribution < 1.29 is 141 Å². The molecule has 0 saturated carbocycles. The number of carbonyl (C=O) groups is 8. The van der Waals surface area contributed by atoms with Crippen molar-refractivity contribution in [3.05, 3.63) is 267 Å². The number of carbonyl (C=O) groups excluding carboxylic acids is 8. The second-order valence-electron chi connectivity index (χ2n) is 35.9. The van der Waals surface area contributed by atoms with E-state index >= 15 is 0 Å². The van der Waals surface area contributed by atoms with Crippen molar-refractivity contribution in [1.29, 1.82) is 0 Å². The molecule has 0 amide bonds. The van der Waals surface area contributed by atoms with E-state index in [-0.39, 0.29) is 82.3 Å². The van der Waals surface area contributed by atoms with Gasteiger partial charge in [0.15, 0.2) is 29.5 Å². The van der Waals surface area contributed by atoms with Crippen LogP contribution in [0, 0.1) is 28.6 Å². The molecule has 46 heteroatoms. The molecule has 820 valence electrons. The molecular weight excluding hydrogens is 2950 g/mol. The highest BCUT2D eigenvalue weighted by Crippen LogP contribution is 2.18. The van der Waals surface area contributed by atoms with Crippen LogP contribution in [0.1, 0.15) is 82.9 Å². The number of nitrogens with one attached hydrogen (secondary N) is 10. The predicted octanol–water partition coefficient (Wildman–Crippen LogP) is 2.40. The Morgan fingerprint density at radius 2 is 0.427 bits per heavy atom. The van der Waals surface area contributed by atoms with E-state index in [0.717, 1.165) is 114 Å². The lowest BCUT2D eigenvalue weighted by Gasteiger charge is -2.23. The molecule has 32 nitrogen and oxygen atoms in total. The summed E-state index contributed by atoms with van der Waals surface area (Å²) in [5.41, 5.74) is 4.88. The van der Waals surface area contributed by atoms with Crippen LogP contribution in [0.15, 0.2) is 194 Å². The first-order valence-corrected chi connectivity index (χ1v) is 67.6. The monoisotopic (exact) mass is 3090 g/mol. The lowest BCUT2D eigenvalue weighted by Crippen LogP contribution is -3.15. The van der Waals surface area contributed by atoms with Gasteiger partial charge in [0.1, 0.15) is 105 Å². The molecule has 8 heterocycles. The number of ether oxygens (including phenoxy) is 8. The van der Waals surface area contributed by atoms with Gasteiger partial charge in [-0.05, 0) is 332 Å². The normalized spacial score (nSPS) is 17.4. The van der Waals surface area contributed by atoms with Gasteiger partial charge < -0.3 is 87.7 Å². The SMILES string of the molecule is O=C(OCC[NH+]1CCNCC1)c1ccc(I)cc1.O=C(OCC[NH+]1CCNCC1)c1cccc(I)c1.O=C(OCC[NH+]1CCS(=O)(=O)CC1)c1ccc(I)cc1.O=C(OCC[NH+]1CCS(=O)(=O)CC1)c1cccc(I)c1.O=C(OCC[NH+]1CCS(=O)(=O)CC1)c1ccccc1I.O=C(OCC[NH+]1CCSCC1)c1ccc(I)cc1.O=C(OCC[NH+]1CCSCC1)c1cccc(I)c1.O=C(OCC[NH+]1CCSCC1)c1ccccc1I. The van der Waals surface area contributed by atoms with Crippen LogP contribution in [0.2, 0.25) is 0 Å². The van der Waals surface area contributed by atoms with Gasteiger partial charge >= 0.3 is 47.8 Å². The summed E-state index contributed by atoms with van der Waals surface area (Å²) in [6, 6.07) is 59.1. The van der Waals surface area contributed by atoms with Gasteiger partial charge in [-0.25, -0.2) is 63.6 Å². The molecule has 8 aromatic carbocycles. The summed E-state index contributed by atoms with van der Waals surface area (Å²) in [4.78, 5) is 106. The van der Waals surface area contributed by atoms with E-state index in [9.17, 15) is 63.6 Å². The van der Waals surface area contributed by atoms with Crippen molar-refractivity contribution in [3.8, 4) is 0 Å². The first-order valence-electron chi connectivity index (χ1n) is 50.0. The minimum absolute atomic E-state index is 0.203. The summed E-state index contributed by atoms with van der Waals surface area (Å²) in [6.45, 7) is 29.5. The fraction of sp³-hybridized carbons (Fsp3) is 0.462. The Morgan fingerprint density at radius 3 is 0.647 bits per heavy atom. The molecule has 10 N–H and O–H groups in total. The third kappa shape index (κ3) is 53.7. The zero-order chi connectivity index (χ0) is 108. The molecule has 0 unspecified atom stereocenters. The van der Waals surface area contributed by atoms with Gasteiger partial charge in [0, 0.05) is 89.3 Å². The molecule has 150 heavy (non-hydrogen) atoms. The van der Waals surface area contributed by atoms with Crippen molar-refractivity contribution in [2.24, 2.45) is 0 Å². The number of hydrogen-bond donors (Lipinski definition) is 10. The topological polar surface area (TPSA) is 372 Å². The quantitative estimate of drug-likeness (QED) is 0.0164. The van der Waals surface area contributed by atoms with Crippen molar-refractivity contribution in [1.82, 2.24) is 10.6 Å². The summed E-state index contributed by atoms with van der Waals surface area (Å²) < 4.78 is 118. The number of quaternary nitrogens is 8. The van der Waals surface area contributed by atoms with E-state index in [1.165, 1.54) is 98.3 Å². The van der Waals surface area contributed by atoms with E-state index in [1.54, 1.807) is 63.2 Å². The van der Waals surface area contributed by atoms with Crippen LogP contribution < -0.4 is 49.8 Å². The Hall–Kier alpha value is -4.14. The highest BCUT2D eigenvalue weighted by Gasteiger charge is 2.30.